The van der Waals surface area contributed by atoms with Crippen LogP contribution in [0.1, 0.15) is 13.8 Å². The van der Waals surface area contributed by atoms with Gasteiger partial charge in [0.15, 0.2) is 0 Å². The maximum absolute atomic E-state index is 10.5. The Kier molecular flexibility index (Phi) is 7.37. The third kappa shape index (κ3) is 7.97. The fraction of sp³-hybridized carbons (Fsp3) is 0.889. The Labute approximate surface area is 85.2 Å². The summed E-state index contributed by atoms with van der Waals surface area (Å²) in [5.41, 5.74) is 10.4. The first kappa shape index (κ1) is 13.4. The first-order chi connectivity index (χ1) is 6.54. The number of primary amides is 1. The first-order valence-corrected chi connectivity index (χ1v) is 4.87. The van der Waals surface area contributed by atoms with Crippen molar-refractivity contribution in [1.29, 1.82) is 0 Å². The van der Waals surface area contributed by atoms with E-state index in [4.69, 9.17) is 16.2 Å². The predicted molar refractivity (Wildman–Crippen MR) is 55.7 cm³/mol. The molecule has 0 saturated heterocycles. The largest absolute Gasteiger partial charge is 0.380 e. The van der Waals surface area contributed by atoms with E-state index in [1.54, 1.807) is 0 Å². The maximum atomic E-state index is 10.5. The average molecular weight is 203 g/mol. The summed E-state index contributed by atoms with van der Waals surface area (Å²) in [5, 5.41) is 2.99. The maximum Gasteiger partial charge on any atom is 0.235 e. The molecule has 0 fully saturated rings. The highest BCUT2D eigenvalue weighted by atomic mass is 16.5. The monoisotopic (exact) mass is 203 g/mol. The van der Waals surface area contributed by atoms with Crippen LogP contribution in [-0.4, -0.2) is 38.3 Å². The summed E-state index contributed by atoms with van der Waals surface area (Å²) in [6.07, 6.45) is 0. The summed E-state index contributed by atoms with van der Waals surface area (Å²) >= 11 is 0. The minimum absolute atomic E-state index is 0.403. The molecule has 1 atom stereocenters. The SMILES string of the molecule is CC(C)COCCNCC(N)C(N)=O. The summed E-state index contributed by atoms with van der Waals surface area (Å²) < 4.78 is 5.32. The number of carbonyl (C=O) groups is 1. The van der Waals surface area contributed by atoms with Crippen LogP contribution in [-0.2, 0) is 9.53 Å². The van der Waals surface area contributed by atoms with E-state index in [0.29, 0.717) is 25.6 Å². The Balaban J connectivity index is 3.17. The van der Waals surface area contributed by atoms with Crippen molar-refractivity contribution in [2.75, 3.05) is 26.3 Å². The first-order valence-electron chi connectivity index (χ1n) is 4.87. The van der Waals surface area contributed by atoms with Crippen molar-refractivity contribution in [2.45, 2.75) is 19.9 Å². The average Bonchev–Trinajstić information content (AvgIpc) is 2.09. The van der Waals surface area contributed by atoms with Crippen LogP contribution in [0.2, 0.25) is 0 Å². The van der Waals surface area contributed by atoms with Gasteiger partial charge in [0.25, 0.3) is 0 Å². The normalized spacial score (nSPS) is 13.1. The molecule has 0 aromatic carbocycles. The van der Waals surface area contributed by atoms with Crippen LogP contribution in [0.3, 0.4) is 0 Å². The number of ether oxygens (including phenoxy) is 1. The van der Waals surface area contributed by atoms with Crippen molar-refractivity contribution in [3.63, 3.8) is 0 Å². The molecule has 0 aliphatic heterocycles. The minimum Gasteiger partial charge on any atom is -0.380 e. The number of rotatable bonds is 8. The second kappa shape index (κ2) is 7.73. The number of carbonyl (C=O) groups excluding carboxylic acids is 1. The fourth-order valence-electron chi connectivity index (χ4n) is 0.822. The quantitative estimate of drug-likeness (QED) is 0.444. The van der Waals surface area contributed by atoms with E-state index in [1.165, 1.54) is 0 Å². The molecular formula is C9H21N3O2. The number of hydrogen-bond acceptors (Lipinski definition) is 4. The van der Waals surface area contributed by atoms with Gasteiger partial charge in [-0.1, -0.05) is 13.8 Å². The number of amides is 1. The van der Waals surface area contributed by atoms with Gasteiger partial charge in [-0.25, -0.2) is 0 Å². The molecular weight excluding hydrogens is 182 g/mol. The van der Waals surface area contributed by atoms with Gasteiger partial charge in [-0.05, 0) is 5.92 Å². The van der Waals surface area contributed by atoms with E-state index in [9.17, 15) is 4.79 Å². The fourth-order valence-corrected chi connectivity index (χ4v) is 0.822. The molecule has 1 amide bonds. The lowest BCUT2D eigenvalue weighted by Gasteiger charge is -2.10. The van der Waals surface area contributed by atoms with E-state index in [1.807, 2.05) is 0 Å². The Bertz CT molecular complexity index is 162. The standard InChI is InChI=1S/C9H21N3O2/c1-7(2)6-14-4-3-12-5-8(10)9(11)13/h7-8,12H,3-6,10H2,1-2H3,(H2,11,13). The third-order valence-corrected chi connectivity index (χ3v) is 1.60. The van der Waals surface area contributed by atoms with Gasteiger partial charge >= 0.3 is 0 Å². The van der Waals surface area contributed by atoms with Gasteiger partial charge in [0.1, 0.15) is 0 Å². The smallest absolute Gasteiger partial charge is 0.235 e. The minimum atomic E-state index is -0.611. The number of nitrogens with one attached hydrogen (secondary N) is 1. The summed E-state index contributed by atoms with van der Waals surface area (Å²) in [6, 6.07) is -0.611. The van der Waals surface area contributed by atoms with Crippen molar-refractivity contribution in [2.24, 2.45) is 17.4 Å². The molecule has 1 unspecified atom stereocenters. The zero-order valence-corrected chi connectivity index (χ0v) is 8.95. The highest BCUT2D eigenvalue weighted by molar-refractivity contribution is 5.79. The summed E-state index contributed by atoms with van der Waals surface area (Å²) in [7, 11) is 0. The molecule has 0 aromatic rings. The Morgan fingerprint density at radius 1 is 1.50 bits per heavy atom. The van der Waals surface area contributed by atoms with Gasteiger partial charge in [0.05, 0.1) is 12.6 Å². The van der Waals surface area contributed by atoms with Gasteiger partial charge in [-0.2, -0.15) is 0 Å². The second-order valence-electron chi connectivity index (χ2n) is 3.68. The molecule has 0 aromatic heterocycles. The van der Waals surface area contributed by atoms with Crippen LogP contribution in [0.15, 0.2) is 0 Å². The summed E-state index contributed by atoms with van der Waals surface area (Å²) in [4.78, 5) is 10.5. The highest BCUT2D eigenvalue weighted by Gasteiger charge is 2.06. The van der Waals surface area contributed by atoms with Gasteiger partial charge in [-0.15, -0.1) is 0 Å². The number of nitrogens with two attached hydrogens (primary N) is 2. The molecule has 0 saturated carbocycles. The molecule has 5 N–H and O–H groups in total. The lowest BCUT2D eigenvalue weighted by Crippen LogP contribution is -2.44. The van der Waals surface area contributed by atoms with Gasteiger partial charge < -0.3 is 21.5 Å². The van der Waals surface area contributed by atoms with Crippen molar-refractivity contribution in [3.05, 3.63) is 0 Å². The molecule has 0 heterocycles. The molecule has 84 valence electrons. The Hall–Kier alpha value is -0.650. The summed E-state index contributed by atoms with van der Waals surface area (Å²) in [5.74, 6) is 0.0588. The molecule has 5 heteroatoms. The molecule has 0 aliphatic rings. The van der Waals surface area contributed by atoms with E-state index in [-0.39, 0.29) is 0 Å². The van der Waals surface area contributed by atoms with E-state index >= 15 is 0 Å². The van der Waals surface area contributed by atoms with E-state index < -0.39 is 11.9 Å². The summed E-state index contributed by atoms with van der Waals surface area (Å²) in [6.45, 7) is 6.66. The molecule has 0 spiro atoms. The van der Waals surface area contributed by atoms with Crippen molar-refractivity contribution in [3.8, 4) is 0 Å². The topological polar surface area (TPSA) is 90.4 Å². The second-order valence-corrected chi connectivity index (χ2v) is 3.68. The van der Waals surface area contributed by atoms with Crippen molar-refractivity contribution < 1.29 is 9.53 Å². The third-order valence-electron chi connectivity index (χ3n) is 1.60. The van der Waals surface area contributed by atoms with Crippen LogP contribution in [0.25, 0.3) is 0 Å². The lowest BCUT2D eigenvalue weighted by atomic mass is 10.2. The Morgan fingerprint density at radius 2 is 2.14 bits per heavy atom. The highest BCUT2D eigenvalue weighted by Crippen LogP contribution is 1.90. The van der Waals surface area contributed by atoms with Gasteiger partial charge in [-0.3, -0.25) is 4.79 Å². The number of hydrogen-bond donors (Lipinski definition) is 3. The van der Waals surface area contributed by atoms with Crippen LogP contribution < -0.4 is 16.8 Å². The lowest BCUT2D eigenvalue weighted by molar-refractivity contribution is -0.119. The molecule has 0 aliphatic carbocycles. The van der Waals surface area contributed by atoms with Gasteiger partial charge in [0.2, 0.25) is 5.91 Å². The van der Waals surface area contributed by atoms with Crippen molar-refractivity contribution in [1.82, 2.24) is 5.32 Å². The Morgan fingerprint density at radius 3 is 2.64 bits per heavy atom. The van der Waals surface area contributed by atoms with E-state index in [0.717, 1.165) is 6.61 Å². The van der Waals surface area contributed by atoms with Crippen LogP contribution in [0.5, 0.6) is 0 Å². The molecule has 14 heavy (non-hydrogen) atoms. The zero-order chi connectivity index (χ0) is 11.0. The van der Waals surface area contributed by atoms with E-state index in [2.05, 4.69) is 19.2 Å². The predicted octanol–water partition coefficient (Wildman–Crippen LogP) is -0.939. The zero-order valence-electron chi connectivity index (χ0n) is 8.95. The van der Waals surface area contributed by atoms with Crippen molar-refractivity contribution >= 4 is 5.91 Å². The van der Waals surface area contributed by atoms with Crippen LogP contribution in [0, 0.1) is 5.92 Å². The molecule has 0 rings (SSSR count). The van der Waals surface area contributed by atoms with Crippen LogP contribution in [0.4, 0.5) is 0 Å². The van der Waals surface area contributed by atoms with Gasteiger partial charge in [0, 0.05) is 19.7 Å². The van der Waals surface area contributed by atoms with Crippen LogP contribution >= 0.6 is 0 Å². The molecule has 5 nitrogen and oxygen atoms in total. The molecule has 0 radical (unpaired) electrons. The molecule has 0 bridgehead atoms.